The minimum atomic E-state index is -0.722. The molecule has 1 aromatic carbocycles. The van der Waals surface area contributed by atoms with E-state index in [1.165, 1.54) is 6.26 Å². The second-order valence-electron chi connectivity index (χ2n) is 7.31. The van der Waals surface area contributed by atoms with Gasteiger partial charge >= 0.3 is 12.0 Å². The third-order valence-electron chi connectivity index (χ3n) is 4.96. The summed E-state index contributed by atoms with van der Waals surface area (Å²) < 4.78 is 21.9. The average Bonchev–Trinajstić information content (AvgIpc) is 3.28. The average molecular weight is 427 g/mol. The van der Waals surface area contributed by atoms with Crippen LogP contribution >= 0.6 is 0 Å². The highest BCUT2D eigenvalue weighted by atomic mass is 16.6. The number of carbonyl (C=O) groups excluding carboxylic acids is 2. The molecule has 1 atom stereocenters. The fourth-order valence-corrected chi connectivity index (χ4v) is 3.69. The standard InChI is InChI=1S/C22H25N3O6/c1-3-28-21(26)19-15(23-22(27)24-20(19)17-5-4-8-29-17)13-25(2)12-14-6-7-16-18(11-14)31-10-9-30-16/h4-8,11,20H,3,9-10,12-13H2,1-2H3,(H2,23,24,27)/t20-/m0/s1. The molecule has 2 amide bonds. The normalized spacial score (nSPS) is 17.9. The predicted octanol–water partition coefficient (Wildman–Crippen LogP) is 2.35. The van der Waals surface area contributed by atoms with Crippen molar-refractivity contribution in [2.24, 2.45) is 0 Å². The lowest BCUT2D eigenvalue weighted by molar-refractivity contribution is -0.139. The number of ether oxygens (including phenoxy) is 3. The van der Waals surface area contributed by atoms with Crippen LogP contribution in [0.15, 0.2) is 52.3 Å². The van der Waals surface area contributed by atoms with Crippen LogP contribution < -0.4 is 20.1 Å². The van der Waals surface area contributed by atoms with Crippen LogP contribution in [0.3, 0.4) is 0 Å². The highest BCUT2D eigenvalue weighted by Gasteiger charge is 2.35. The first-order valence-corrected chi connectivity index (χ1v) is 10.1. The fourth-order valence-electron chi connectivity index (χ4n) is 3.69. The molecule has 0 unspecified atom stereocenters. The SMILES string of the molecule is CCOC(=O)C1=C(CN(C)Cc2ccc3c(c2)OCCO3)NC(=O)N[C@H]1c1ccco1. The summed E-state index contributed by atoms with van der Waals surface area (Å²) in [6.45, 7) is 3.93. The third kappa shape index (κ3) is 4.66. The third-order valence-corrected chi connectivity index (χ3v) is 4.96. The molecule has 2 N–H and O–H groups in total. The van der Waals surface area contributed by atoms with Gasteiger partial charge in [0.25, 0.3) is 0 Å². The van der Waals surface area contributed by atoms with Crippen molar-refractivity contribution in [1.82, 2.24) is 15.5 Å². The van der Waals surface area contributed by atoms with Gasteiger partial charge in [0.15, 0.2) is 11.5 Å². The highest BCUT2D eigenvalue weighted by Crippen LogP contribution is 2.32. The number of amides is 2. The molecule has 31 heavy (non-hydrogen) atoms. The first kappa shape index (κ1) is 20.8. The van der Waals surface area contributed by atoms with E-state index in [0.29, 0.717) is 43.3 Å². The Morgan fingerprint density at radius 3 is 2.74 bits per heavy atom. The molecule has 2 aliphatic rings. The van der Waals surface area contributed by atoms with Gasteiger partial charge in [-0.25, -0.2) is 9.59 Å². The van der Waals surface area contributed by atoms with Crippen LogP contribution in [0, 0.1) is 0 Å². The summed E-state index contributed by atoms with van der Waals surface area (Å²) in [7, 11) is 1.91. The number of benzene rings is 1. The van der Waals surface area contributed by atoms with Crippen molar-refractivity contribution in [3.8, 4) is 11.5 Å². The molecule has 164 valence electrons. The highest BCUT2D eigenvalue weighted by molar-refractivity contribution is 5.95. The van der Waals surface area contributed by atoms with Gasteiger partial charge in [0, 0.05) is 18.8 Å². The monoisotopic (exact) mass is 427 g/mol. The molecule has 0 spiro atoms. The molecule has 1 aromatic heterocycles. The number of carbonyl (C=O) groups is 2. The predicted molar refractivity (Wildman–Crippen MR) is 111 cm³/mol. The number of hydrogen-bond acceptors (Lipinski definition) is 7. The summed E-state index contributed by atoms with van der Waals surface area (Å²) in [5.41, 5.74) is 1.82. The molecule has 3 heterocycles. The zero-order chi connectivity index (χ0) is 21.8. The van der Waals surface area contributed by atoms with Crippen LogP contribution in [0.1, 0.15) is 24.3 Å². The molecule has 0 saturated heterocycles. The van der Waals surface area contributed by atoms with Gasteiger partial charge in [0.2, 0.25) is 0 Å². The zero-order valence-corrected chi connectivity index (χ0v) is 17.5. The van der Waals surface area contributed by atoms with E-state index < -0.39 is 18.0 Å². The molecule has 9 nitrogen and oxygen atoms in total. The minimum absolute atomic E-state index is 0.224. The van der Waals surface area contributed by atoms with Crippen molar-refractivity contribution in [3.63, 3.8) is 0 Å². The van der Waals surface area contributed by atoms with Crippen molar-refractivity contribution in [2.75, 3.05) is 33.4 Å². The number of urea groups is 1. The number of esters is 1. The Kier molecular flexibility index (Phi) is 6.13. The quantitative estimate of drug-likeness (QED) is 0.654. The van der Waals surface area contributed by atoms with Crippen molar-refractivity contribution >= 4 is 12.0 Å². The van der Waals surface area contributed by atoms with E-state index in [1.807, 2.05) is 30.1 Å². The summed E-state index contributed by atoms with van der Waals surface area (Å²) in [6.07, 6.45) is 1.50. The maximum absolute atomic E-state index is 12.8. The summed E-state index contributed by atoms with van der Waals surface area (Å²) in [5.74, 6) is 1.41. The molecule has 4 rings (SSSR count). The zero-order valence-electron chi connectivity index (χ0n) is 17.5. The van der Waals surface area contributed by atoms with Crippen molar-refractivity contribution in [3.05, 3.63) is 59.2 Å². The van der Waals surface area contributed by atoms with Crippen LogP contribution in [-0.4, -0.2) is 50.3 Å². The largest absolute Gasteiger partial charge is 0.486 e. The van der Waals surface area contributed by atoms with Gasteiger partial charge in [0.1, 0.15) is 25.0 Å². The van der Waals surface area contributed by atoms with Crippen molar-refractivity contribution < 1.29 is 28.2 Å². The molecular weight excluding hydrogens is 402 g/mol. The van der Waals surface area contributed by atoms with Gasteiger partial charge in [-0.1, -0.05) is 6.07 Å². The van der Waals surface area contributed by atoms with Crippen molar-refractivity contribution in [2.45, 2.75) is 19.5 Å². The van der Waals surface area contributed by atoms with Gasteiger partial charge < -0.3 is 29.3 Å². The lowest BCUT2D eigenvalue weighted by atomic mass is 10.00. The maximum atomic E-state index is 12.8. The van der Waals surface area contributed by atoms with E-state index in [2.05, 4.69) is 10.6 Å². The van der Waals surface area contributed by atoms with Crippen LogP contribution in [0.25, 0.3) is 0 Å². The first-order chi connectivity index (χ1) is 15.0. The number of nitrogens with zero attached hydrogens (tertiary/aromatic N) is 1. The molecule has 0 aliphatic carbocycles. The smallest absolute Gasteiger partial charge is 0.338 e. The van der Waals surface area contributed by atoms with Gasteiger partial charge in [-0.2, -0.15) is 0 Å². The number of rotatable bonds is 7. The number of hydrogen-bond donors (Lipinski definition) is 2. The Morgan fingerprint density at radius 2 is 2.00 bits per heavy atom. The molecule has 0 radical (unpaired) electrons. The van der Waals surface area contributed by atoms with Gasteiger partial charge in [-0.05, 0) is 43.8 Å². The second-order valence-corrected chi connectivity index (χ2v) is 7.31. The summed E-state index contributed by atoms with van der Waals surface area (Å²) in [6, 6.07) is 8.10. The van der Waals surface area contributed by atoms with Crippen LogP contribution in [0.2, 0.25) is 0 Å². The Balaban J connectivity index is 1.57. The Bertz CT molecular complexity index is 985. The van der Waals surface area contributed by atoms with E-state index in [1.54, 1.807) is 19.1 Å². The minimum Gasteiger partial charge on any atom is -0.486 e. The molecule has 0 saturated carbocycles. The van der Waals surface area contributed by atoms with E-state index >= 15 is 0 Å². The fraction of sp³-hybridized carbons (Fsp3) is 0.364. The van der Waals surface area contributed by atoms with Crippen LogP contribution in [0.5, 0.6) is 11.5 Å². The van der Waals surface area contributed by atoms with E-state index in [4.69, 9.17) is 18.6 Å². The van der Waals surface area contributed by atoms with Crippen LogP contribution in [-0.2, 0) is 16.1 Å². The molecule has 2 aromatic rings. The second kappa shape index (κ2) is 9.13. The van der Waals surface area contributed by atoms with Crippen molar-refractivity contribution in [1.29, 1.82) is 0 Å². The number of nitrogens with one attached hydrogen (secondary N) is 2. The lowest BCUT2D eigenvalue weighted by Gasteiger charge is -2.30. The van der Waals surface area contributed by atoms with E-state index in [-0.39, 0.29) is 6.61 Å². The molecule has 2 aliphatic heterocycles. The number of fused-ring (bicyclic) bond motifs is 1. The van der Waals surface area contributed by atoms with Crippen LogP contribution in [0.4, 0.5) is 4.79 Å². The lowest BCUT2D eigenvalue weighted by Crippen LogP contribution is -2.48. The van der Waals surface area contributed by atoms with E-state index in [0.717, 1.165) is 17.1 Å². The molecule has 0 fully saturated rings. The summed E-state index contributed by atoms with van der Waals surface area (Å²) in [4.78, 5) is 27.1. The molecular formula is C22H25N3O6. The number of furan rings is 1. The Labute approximate surface area is 179 Å². The summed E-state index contributed by atoms with van der Waals surface area (Å²) >= 11 is 0. The van der Waals surface area contributed by atoms with Gasteiger partial charge in [-0.15, -0.1) is 0 Å². The number of likely N-dealkylation sites (N-methyl/N-ethyl adjacent to an activating group) is 1. The Morgan fingerprint density at radius 1 is 1.19 bits per heavy atom. The van der Waals surface area contributed by atoms with E-state index in [9.17, 15) is 9.59 Å². The summed E-state index contributed by atoms with van der Waals surface area (Å²) in [5, 5.41) is 5.51. The van der Waals surface area contributed by atoms with Gasteiger partial charge in [-0.3, -0.25) is 4.90 Å². The maximum Gasteiger partial charge on any atom is 0.338 e. The Hall–Kier alpha value is -3.46. The topological polar surface area (TPSA) is 102 Å². The molecule has 0 bridgehead atoms. The van der Waals surface area contributed by atoms with Gasteiger partial charge in [0.05, 0.1) is 18.4 Å². The molecule has 9 heteroatoms. The first-order valence-electron chi connectivity index (χ1n) is 10.1.